The van der Waals surface area contributed by atoms with E-state index in [1.165, 1.54) is 17.6 Å². The molecule has 0 bridgehead atoms. The Labute approximate surface area is 84.2 Å². The van der Waals surface area contributed by atoms with Crippen molar-refractivity contribution in [1.29, 1.82) is 0 Å². The molecule has 0 unspecified atom stereocenters. The minimum atomic E-state index is -0.0210. The number of benzene rings is 1. The van der Waals surface area contributed by atoms with Crippen LogP contribution < -0.4 is 5.56 Å². The summed E-state index contributed by atoms with van der Waals surface area (Å²) in [5.74, 6) is 0. The highest BCUT2D eigenvalue weighted by Crippen LogP contribution is 2.14. The summed E-state index contributed by atoms with van der Waals surface area (Å²) in [5, 5.41) is 2.39. The van der Waals surface area contributed by atoms with E-state index in [-0.39, 0.29) is 5.56 Å². The lowest BCUT2D eigenvalue weighted by atomic mass is 10.3. The Morgan fingerprint density at radius 2 is 2.15 bits per heavy atom. The maximum Gasteiger partial charge on any atom is 0.265 e. The van der Waals surface area contributed by atoms with Gasteiger partial charge in [0.15, 0.2) is 0 Å². The molecule has 13 heavy (non-hydrogen) atoms. The average molecular weight is 212 g/mol. The van der Waals surface area contributed by atoms with E-state index in [1.807, 2.05) is 12.1 Å². The highest BCUT2D eigenvalue weighted by atomic mass is 35.5. The smallest absolute Gasteiger partial charge is 0.265 e. The Bertz CT molecular complexity index is 474. The first-order valence-electron chi connectivity index (χ1n) is 3.70. The first kappa shape index (κ1) is 8.53. The second kappa shape index (κ2) is 3.36. The van der Waals surface area contributed by atoms with Gasteiger partial charge in [0.2, 0.25) is 0 Å². The monoisotopic (exact) mass is 211 g/mol. The fraction of sp³-hybridized carbons (Fsp3) is 0. The van der Waals surface area contributed by atoms with Crippen LogP contribution in [0.5, 0.6) is 0 Å². The maximum atomic E-state index is 11.3. The lowest BCUT2D eigenvalue weighted by Crippen LogP contribution is -2.08. The van der Waals surface area contributed by atoms with E-state index < -0.39 is 0 Å². The van der Waals surface area contributed by atoms with E-state index >= 15 is 0 Å². The molecule has 0 atom stereocenters. The summed E-state index contributed by atoms with van der Waals surface area (Å²) in [6.07, 6.45) is 0. The summed E-state index contributed by atoms with van der Waals surface area (Å²) in [7, 11) is 0. The molecular weight excluding hydrogens is 206 g/mol. The van der Waals surface area contributed by atoms with Crippen molar-refractivity contribution in [3.8, 4) is 5.69 Å². The van der Waals surface area contributed by atoms with Gasteiger partial charge in [-0.1, -0.05) is 29.2 Å². The molecular formula is C9H6ClNOS. The molecule has 0 N–H and O–H groups in total. The van der Waals surface area contributed by atoms with Crippen molar-refractivity contribution in [2.24, 2.45) is 0 Å². The molecule has 0 radical (unpaired) electrons. The van der Waals surface area contributed by atoms with Gasteiger partial charge in [-0.15, -0.1) is 0 Å². The van der Waals surface area contributed by atoms with Gasteiger partial charge < -0.3 is 0 Å². The minimum Gasteiger partial charge on any atom is -0.268 e. The molecule has 66 valence electrons. The van der Waals surface area contributed by atoms with Crippen molar-refractivity contribution >= 4 is 23.1 Å². The van der Waals surface area contributed by atoms with Crippen molar-refractivity contribution in [2.75, 3.05) is 0 Å². The van der Waals surface area contributed by atoms with E-state index in [2.05, 4.69) is 0 Å². The summed E-state index contributed by atoms with van der Waals surface area (Å²) >= 11 is 7.16. The third-order valence-electron chi connectivity index (χ3n) is 1.62. The largest absolute Gasteiger partial charge is 0.268 e. The average Bonchev–Trinajstić information content (AvgIpc) is 2.51. The van der Waals surface area contributed by atoms with E-state index in [1.54, 1.807) is 21.5 Å². The van der Waals surface area contributed by atoms with E-state index in [4.69, 9.17) is 11.6 Å². The number of rotatable bonds is 1. The van der Waals surface area contributed by atoms with E-state index in [0.29, 0.717) is 5.02 Å². The summed E-state index contributed by atoms with van der Waals surface area (Å²) < 4.78 is 1.59. The molecule has 1 heterocycles. The zero-order chi connectivity index (χ0) is 9.26. The third-order valence-corrected chi connectivity index (χ3v) is 2.71. The van der Waals surface area contributed by atoms with Crippen molar-refractivity contribution < 1.29 is 0 Å². The summed E-state index contributed by atoms with van der Waals surface area (Å²) in [6, 6.07) is 8.75. The minimum absolute atomic E-state index is 0.0210. The number of hydrogen-bond acceptors (Lipinski definition) is 2. The van der Waals surface area contributed by atoms with Crippen LogP contribution in [0.4, 0.5) is 0 Å². The summed E-state index contributed by atoms with van der Waals surface area (Å²) in [4.78, 5) is 11.3. The molecule has 1 aromatic carbocycles. The Morgan fingerprint density at radius 3 is 2.77 bits per heavy atom. The normalized spacial score (nSPS) is 10.2. The topological polar surface area (TPSA) is 22.0 Å². The molecule has 2 aromatic rings. The van der Waals surface area contributed by atoms with Gasteiger partial charge in [0.1, 0.15) is 0 Å². The highest BCUT2D eigenvalue weighted by Gasteiger charge is 1.99. The lowest BCUT2D eigenvalue weighted by Gasteiger charge is -1.99. The second-order valence-electron chi connectivity index (χ2n) is 2.52. The number of halogens is 1. The quantitative estimate of drug-likeness (QED) is 0.711. The van der Waals surface area contributed by atoms with Gasteiger partial charge in [0.05, 0.1) is 5.69 Å². The SMILES string of the molecule is O=c1ccsn1-c1cccc(Cl)c1. The van der Waals surface area contributed by atoms with Crippen LogP contribution in [0.3, 0.4) is 0 Å². The van der Waals surface area contributed by atoms with Crippen molar-refractivity contribution in [1.82, 2.24) is 3.96 Å². The predicted octanol–water partition coefficient (Wildman–Crippen LogP) is 2.55. The fourth-order valence-electron chi connectivity index (χ4n) is 1.06. The molecule has 0 saturated heterocycles. The van der Waals surface area contributed by atoms with Crippen LogP contribution in [0.15, 0.2) is 40.5 Å². The van der Waals surface area contributed by atoms with Crippen LogP contribution in [0.25, 0.3) is 5.69 Å². The second-order valence-corrected chi connectivity index (χ2v) is 3.81. The molecule has 0 fully saturated rings. The predicted molar refractivity (Wildman–Crippen MR) is 54.9 cm³/mol. The zero-order valence-electron chi connectivity index (χ0n) is 6.61. The third kappa shape index (κ3) is 1.66. The molecule has 1 aromatic heterocycles. The molecule has 2 nitrogen and oxygen atoms in total. The zero-order valence-corrected chi connectivity index (χ0v) is 8.18. The van der Waals surface area contributed by atoms with Gasteiger partial charge in [0.25, 0.3) is 5.56 Å². The van der Waals surface area contributed by atoms with Crippen LogP contribution in [0.2, 0.25) is 5.02 Å². The van der Waals surface area contributed by atoms with Gasteiger partial charge in [0, 0.05) is 16.5 Å². The number of hydrogen-bond donors (Lipinski definition) is 0. The summed E-state index contributed by atoms with van der Waals surface area (Å²) in [5.41, 5.74) is 0.791. The summed E-state index contributed by atoms with van der Waals surface area (Å²) in [6.45, 7) is 0. The standard InChI is InChI=1S/C9H6ClNOS/c10-7-2-1-3-8(6-7)11-9(12)4-5-13-11/h1-6H. The molecule has 0 aliphatic rings. The van der Waals surface area contributed by atoms with Crippen LogP contribution in [0.1, 0.15) is 0 Å². The van der Waals surface area contributed by atoms with Crippen molar-refractivity contribution in [3.63, 3.8) is 0 Å². The molecule has 0 aliphatic carbocycles. The lowest BCUT2D eigenvalue weighted by molar-refractivity contribution is 1.13. The van der Waals surface area contributed by atoms with E-state index in [0.717, 1.165) is 5.69 Å². The Kier molecular flexibility index (Phi) is 2.20. The van der Waals surface area contributed by atoms with Crippen LogP contribution in [0, 0.1) is 0 Å². The van der Waals surface area contributed by atoms with Gasteiger partial charge in [-0.05, 0) is 18.2 Å². The first-order chi connectivity index (χ1) is 6.27. The van der Waals surface area contributed by atoms with Gasteiger partial charge in [-0.25, -0.2) is 3.96 Å². The van der Waals surface area contributed by atoms with Crippen LogP contribution in [-0.2, 0) is 0 Å². The van der Waals surface area contributed by atoms with Gasteiger partial charge in [-0.2, -0.15) is 0 Å². The van der Waals surface area contributed by atoms with Crippen LogP contribution in [-0.4, -0.2) is 3.96 Å². The van der Waals surface area contributed by atoms with E-state index in [9.17, 15) is 4.79 Å². The molecule has 0 aliphatic heterocycles. The molecule has 4 heteroatoms. The number of nitrogens with zero attached hydrogens (tertiary/aromatic N) is 1. The first-order valence-corrected chi connectivity index (χ1v) is 4.92. The van der Waals surface area contributed by atoms with Crippen LogP contribution >= 0.6 is 23.1 Å². The molecule has 2 rings (SSSR count). The Balaban J connectivity index is 2.59. The maximum absolute atomic E-state index is 11.3. The Hall–Kier alpha value is -1.06. The molecule has 0 spiro atoms. The highest BCUT2D eigenvalue weighted by molar-refractivity contribution is 7.04. The number of aromatic nitrogens is 1. The molecule has 0 amide bonds. The van der Waals surface area contributed by atoms with Gasteiger partial charge >= 0.3 is 0 Å². The van der Waals surface area contributed by atoms with Crippen molar-refractivity contribution in [3.05, 3.63) is 51.1 Å². The van der Waals surface area contributed by atoms with Gasteiger partial charge in [-0.3, -0.25) is 4.79 Å². The fourth-order valence-corrected chi connectivity index (χ4v) is 1.94. The Morgan fingerprint density at radius 1 is 1.31 bits per heavy atom. The molecule has 0 saturated carbocycles. The van der Waals surface area contributed by atoms with Crippen molar-refractivity contribution in [2.45, 2.75) is 0 Å².